The molecular formula is C20H19N3O3S3. The number of amides is 1. The summed E-state index contributed by atoms with van der Waals surface area (Å²) in [5.74, 6) is 0.148. The van der Waals surface area contributed by atoms with Crippen LogP contribution in [0.4, 0.5) is 5.69 Å². The topological polar surface area (TPSA) is 73.2 Å². The fourth-order valence-electron chi connectivity index (χ4n) is 2.39. The summed E-state index contributed by atoms with van der Waals surface area (Å²) in [5.41, 5.74) is 0.639. The van der Waals surface area contributed by atoms with Gasteiger partial charge in [-0.25, -0.2) is 4.68 Å². The summed E-state index contributed by atoms with van der Waals surface area (Å²) in [7, 11) is 0. The SMILES string of the molecule is CC(=O)[C@@H](Sc1nn(CCOc2ccccc2)c(=S)s1)C(=O)Nc1ccccc1. The average Bonchev–Trinajstić information content (AvgIpc) is 3.07. The van der Waals surface area contributed by atoms with Crippen LogP contribution in [0.2, 0.25) is 0 Å². The quantitative estimate of drug-likeness (QED) is 0.298. The van der Waals surface area contributed by atoms with Crippen LogP contribution in [0.25, 0.3) is 0 Å². The van der Waals surface area contributed by atoms with Crippen LogP contribution in [-0.2, 0) is 16.1 Å². The minimum absolute atomic E-state index is 0.247. The van der Waals surface area contributed by atoms with Crippen LogP contribution in [0.1, 0.15) is 6.92 Å². The minimum Gasteiger partial charge on any atom is -0.492 e. The van der Waals surface area contributed by atoms with E-state index in [0.717, 1.165) is 17.5 Å². The molecule has 0 aliphatic heterocycles. The zero-order chi connectivity index (χ0) is 20.6. The molecule has 3 rings (SSSR count). The Morgan fingerprint density at radius 1 is 1.17 bits per heavy atom. The van der Waals surface area contributed by atoms with E-state index in [1.54, 1.807) is 16.8 Å². The number of anilines is 1. The predicted molar refractivity (Wildman–Crippen MR) is 118 cm³/mol. The van der Waals surface area contributed by atoms with Gasteiger partial charge in [0.1, 0.15) is 17.6 Å². The van der Waals surface area contributed by atoms with Crippen LogP contribution >= 0.6 is 35.3 Å². The van der Waals surface area contributed by atoms with Gasteiger partial charge in [-0.3, -0.25) is 9.59 Å². The van der Waals surface area contributed by atoms with E-state index in [2.05, 4.69) is 10.4 Å². The number of benzene rings is 2. The molecule has 3 aromatic rings. The molecule has 0 saturated carbocycles. The maximum Gasteiger partial charge on any atom is 0.245 e. The molecule has 0 bridgehead atoms. The van der Waals surface area contributed by atoms with Crippen LogP contribution in [0.15, 0.2) is 65.0 Å². The first-order valence-corrected chi connectivity index (χ1v) is 10.9. The monoisotopic (exact) mass is 445 g/mol. The molecule has 0 saturated heterocycles. The second-order valence-corrected chi connectivity index (χ2v) is 8.96. The van der Waals surface area contributed by atoms with Gasteiger partial charge in [0.05, 0.1) is 6.54 Å². The lowest BCUT2D eigenvalue weighted by molar-refractivity contribution is -0.123. The molecule has 0 fully saturated rings. The zero-order valence-corrected chi connectivity index (χ0v) is 18.1. The first-order valence-electron chi connectivity index (χ1n) is 8.82. The molecule has 150 valence electrons. The molecule has 1 heterocycles. The molecule has 9 heteroatoms. The number of aromatic nitrogens is 2. The second kappa shape index (κ2) is 10.3. The van der Waals surface area contributed by atoms with Gasteiger partial charge in [0.15, 0.2) is 14.1 Å². The normalized spacial score (nSPS) is 11.6. The summed E-state index contributed by atoms with van der Waals surface area (Å²) >= 11 is 7.74. The van der Waals surface area contributed by atoms with Gasteiger partial charge >= 0.3 is 0 Å². The van der Waals surface area contributed by atoms with Crippen molar-refractivity contribution in [2.75, 3.05) is 11.9 Å². The Morgan fingerprint density at radius 3 is 2.48 bits per heavy atom. The maximum absolute atomic E-state index is 12.6. The zero-order valence-electron chi connectivity index (χ0n) is 15.6. The number of nitrogens with one attached hydrogen (secondary N) is 1. The lowest BCUT2D eigenvalue weighted by Crippen LogP contribution is -2.30. The molecular weight excluding hydrogens is 426 g/mol. The van der Waals surface area contributed by atoms with Crippen molar-refractivity contribution in [3.05, 3.63) is 64.6 Å². The number of nitrogens with zero attached hydrogens (tertiary/aromatic N) is 2. The number of ketones is 1. The van der Waals surface area contributed by atoms with Gasteiger partial charge < -0.3 is 10.1 Å². The van der Waals surface area contributed by atoms with Crippen molar-refractivity contribution in [1.29, 1.82) is 0 Å². The second-order valence-electron chi connectivity index (χ2n) is 5.98. The summed E-state index contributed by atoms with van der Waals surface area (Å²) in [6.07, 6.45) is 0. The van der Waals surface area contributed by atoms with Gasteiger partial charge in [-0.15, -0.1) is 0 Å². The molecule has 6 nitrogen and oxygen atoms in total. The largest absolute Gasteiger partial charge is 0.492 e. The summed E-state index contributed by atoms with van der Waals surface area (Å²) in [6.45, 7) is 2.29. The lowest BCUT2D eigenvalue weighted by Gasteiger charge is -2.12. The molecule has 2 aromatic carbocycles. The summed E-state index contributed by atoms with van der Waals surface area (Å²) in [6, 6.07) is 18.5. The van der Waals surface area contributed by atoms with E-state index in [9.17, 15) is 9.59 Å². The van der Waals surface area contributed by atoms with Crippen molar-refractivity contribution >= 4 is 52.7 Å². The van der Waals surface area contributed by atoms with Crippen LogP contribution < -0.4 is 10.1 Å². The number of hydrogen-bond donors (Lipinski definition) is 1. The number of rotatable bonds is 9. The molecule has 29 heavy (non-hydrogen) atoms. The number of ether oxygens (including phenoxy) is 1. The molecule has 1 N–H and O–H groups in total. The standard InChI is InChI=1S/C20H19N3O3S3/c1-14(24)17(18(25)21-15-8-4-2-5-9-15)28-19-22-23(20(27)29-19)12-13-26-16-10-6-3-7-11-16/h2-11,17H,12-13H2,1H3,(H,21,25)/t17-/m1/s1. The van der Waals surface area contributed by atoms with Gasteiger partial charge in [-0.05, 0) is 43.4 Å². The number of carbonyl (C=O) groups excluding carboxylic acids is 2. The third kappa shape index (κ3) is 6.25. The first kappa shape index (κ1) is 21.2. The molecule has 0 aliphatic rings. The fraction of sp³-hybridized carbons (Fsp3) is 0.200. The minimum atomic E-state index is -0.898. The Labute approximate surface area is 181 Å². The van der Waals surface area contributed by atoms with Gasteiger partial charge in [0.2, 0.25) is 5.91 Å². The van der Waals surface area contributed by atoms with E-state index < -0.39 is 5.25 Å². The van der Waals surface area contributed by atoms with Gasteiger partial charge in [-0.1, -0.05) is 59.5 Å². The molecule has 1 aromatic heterocycles. The average molecular weight is 446 g/mol. The highest BCUT2D eigenvalue weighted by molar-refractivity contribution is 8.03. The summed E-state index contributed by atoms with van der Waals surface area (Å²) in [4.78, 5) is 24.6. The van der Waals surface area contributed by atoms with Gasteiger partial charge in [0, 0.05) is 5.69 Å². The van der Waals surface area contributed by atoms with Crippen LogP contribution in [-0.4, -0.2) is 33.3 Å². The third-order valence-electron chi connectivity index (χ3n) is 3.77. The van der Waals surface area contributed by atoms with E-state index in [0.29, 0.717) is 27.1 Å². The van der Waals surface area contributed by atoms with E-state index in [1.165, 1.54) is 18.3 Å². The van der Waals surface area contributed by atoms with Gasteiger partial charge in [-0.2, -0.15) is 5.10 Å². The number of para-hydroxylation sites is 2. The van der Waals surface area contributed by atoms with E-state index in [-0.39, 0.29) is 11.7 Å². The van der Waals surface area contributed by atoms with E-state index in [4.69, 9.17) is 17.0 Å². The van der Waals surface area contributed by atoms with Crippen molar-refractivity contribution in [2.24, 2.45) is 0 Å². The molecule has 1 atom stereocenters. The summed E-state index contributed by atoms with van der Waals surface area (Å²) in [5, 5.41) is 6.30. The van der Waals surface area contributed by atoms with Crippen molar-refractivity contribution < 1.29 is 14.3 Å². The smallest absolute Gasteiger partial charge is 0.245 e. The van der Waals surface area contributed by atoms with Crippen molar-refractivity contribution in [2.45, 2.75) is 23.1 Å². The Balaban J connectivity index is 1.61. The Kier molecular flexibility index (Phi) is 7.56. The molecule has 1 amide bonds. The summed E-state index contributed by atoms with van der Waals surface area (Å²) < 4.78 is 8.45. The number of thioether (sulfide) groups is 1. The Morgan fingerprint density at radius 2 is 1.83 bits per heavy atom. The van der Waals surface area contributed by atoms with Crippen LogP contribution in [0, 0.1) is 3.95 Å². The van der Waals surface area contributed by atoms with Gasteiger partial charge in [0.25, 0.3) is 0 Å². The van der Waals surface area contributed by atoms with Crippen LogP contribution in [0.5, 0.6) is 5.75 Å². The molecule has 0 spiro atoms. The predicted octanol–water partition coefficient (Wildman–Crippen LogP) is 4.44. The van der Waals surface area contributed by atoms with Crippen LogP contribution in [0.3, 0.4) is 0 Å². The molecule has 0 unspecified atom stereocenters. The highest BCUT2D eigenvalue weighted by Crippen LogP contribution is 2.28. The first-order chi connectivity index (χ1) is 14.0. The van der Waals surface area contributed by atoms with Crippen molar-refractivity contribution in [1.82, 2.24) is 9.78 Å². The molecule has 0 aliphatic carbocycles. The Hall–Kier alpha value is -2.49. The fourth-order valence-corrected chi connectivity index (χ4v) is 4.84. The van der Waals surface area contributed by atoms with E-state index >= 15 is 0 Å². The van der Waals surface area contributed by atoms with E-state index in [1.807, 2.05) is 48.5 Å². The molecule has 0 radical (unpaired) electrons. The number of Topliss-reactive ketones (excluding diaryl/α,β-unsaturated/α-hetero) is 1. The number of hydrogen-bond acceptors (Lipinski definition) is 7. The third-order valence-corrected chi connectivity index (χ3v) is 6.48. The van der Waals surface area contributed by atoms with Crippen molar-refractivity contribution in [3.8, 4) is 5.75 Å². The Bertz CT molecular complexity index is 1020. The maximum atomic E-state index is 12.6. The van der Waals surface area contributed by atoms with Crippen molar-refractivity contribution in [3.63, 3.8) is 0 Å². The lowest BCUT2D eigenvalue weighted by atomic mass is 10.2. The number of carbonyl (C=O) groups is 2. The highest BCUT2D eigenvalue weighted by atomic mass is 32.2. The highest BCUT2D eigenvalue weighted by Gasteiger charge is 2.26.